The Morgan fingerprint density at radius 1 is 1.32 bits per heavy atom. The van der Waals surface area contributed by atoms with Crippen molar-refractivity contribution in [3.8, 4) is 0 Å². The Hall–Kier alpha value is -3.00. The van der Waals surface area contributed by atoms with E-state index in [1.165, 1.54) is 30.6 Å². The van der Waals surface area contributed by atoms with Crippen molar-refractivity contribution in [3.05, 3.63) is 62.5 Å². The number of likely N-dealkylation sites (tertiary alicyclic amines) is 2. The van der Waals surface area contributed by atoms with Gasteiger partial charge in [-0.25, -0.2) is 22.9 Å². The van der Waals surface area contributed by atoms with Crippen molar-refractivity contribution in [2.75, 3.05) is 39.8 Å². The number of carbonyl (C=O) groups excluding carboxylic acids is 1. The standard InChI is InChI=1S/C27H29ClF3N5O4S/c1-26(2,25(38)39)12-35-9-16-19(11-35)36(13-27(16,30)31)10-18-20(24(37)40-3)21(15-5-4-14(29)8-17(15)28)34-22(33-18)23-32-6-7-41-23/h4-8,16,19,21H,9-13H2,1-3H3,(H,33,34)(H,38,39)/t16-,19+,21+/m1/s1. The minimum atomic E-state index is -3.03. The molecule has 0 bridgehead atoms. The zero-order valence-electron chi connectivity index (χ0n) is 22.5. The molecular formula is C27H29ClF3N5O4S. The monoisotopic (exact) mass is 611 g/mol. The molecule has 0 amide bonds. The van der Waals surface area contributed by atoms with Crippen molar-refractivity contribution in [2.24, 2.45) is 16.3 Å². The van der Waals surface area contributed by atoms with Crippen molar-refractivity contribution < 1.29 is 32.6 Å². The molecular weight excluding hydrogens is 583 g/mol. The SMILES string of the molecule is COC(=O)C1=C(CN2CC(F)(F)[C@@H]3CN(CC(C)(C)C(=O)O)C[C@@H]32)NC(c2nccs2)=N[C@H]1c1ccc(F)cc1Cl. The van der Waals surface area contributed by atoms with Gasteiger partial charge in [0.15, 0.2) is 10.8 Å². The lowest BCUT2D eigenvalue weighted by molar-refractivity contribution is -0.148. The fourth-order valence-electron chi connectivity index (χ4n) is 5.76. The summed E-state index contributed by atoms with van der Waals surface area (Å²) in [5, 5.41) is 15.0. The molecule has 1 aromatic carbocycles. The van der Waals surface area contributed by atoms with Crippen molar-refractivity contribution in [2.45, 2.75) is 31.9 Å². The number of halogens is 4. The molecule has 14 heteroatoms. The molecule has 2 saturated heterocycles. The third-order valence-electron chi connectivity index (χ3n) is 7.77. The highest BCUT2D eigenvalue weighted by molar-refractivity contribution is 7.11. The molecule has 2 fully saturated rings. The van der Waals surface area contributed by atoms with Crippen LogP contribution in [0, 0.1) is 17.2 Å². The highest BCUT2D eigenvalue weighted by Gasteiger charge is 2.58. The van der Waals surface area contributed by atoms with Gasteiger partial charge in [0.25, 0.3) is 5.92 Å². The number of nitrogens with one attached hydrogen (secondary N) is 1. The number of alkyl halides is 2. The molecule has 0 unspecified atom stereocenters. The van der Waals surface area contributed by atoms with Crippen molar-refractivity contribution in [1.82, 2.24) is 20.1 Å². The Balaban J connectivity index is 1.52. The second-order valence-corrected chi connectivity index (χ2v) is 12.4. The van der Waals surface area contributed by atoms with Gasteiger partial charge in [-0.2, -0.15) is 0 Å². The summed E-state index contributed by atoms with van der Waals surface area (Å²) in [6.45, 7) is 2.96. The van der Waals surface area contributed by atoms with Crippen LogP contribution in [-0.4, -0.2) is 89.5 Å². The summed E-state index contributed by atoms with van der Waals surface area (Å²) in [7, 11) is 1.20. The van der Waals surface area contributed by atoms with Gasteiger partial charge in [-0.15, -0.1) is 11.3 Å². The second-order valence-electron chi connectivity index (χ2n) is 11.1. The topological polar surface area (TPSA) is 107 Å². The van der Waals surface area contributed by atoms with E-state index in [9.17, 15) is 19.1 Å². The summed E-state index contributed by atoms with van der Waals surface area (Å²) in [5.74, 6) is -6.03. The molecule has 3 atom stereocenters. The maximum absolute atomic E-state index is 15.3. The zero-order valence-corrected chi connectivity index (χ0v) is 24.1. The molecule has 2 aromatic rings. The number of aliphatic imine (C=N–C) groups is 1. The number of carboxylic acids is 1. The molecule has 0 aliphatic carbocycles. The van der Waals surface area contributed by atoms with Gasteiger partial charge >= 0.3 is 11.9 Å². The normalized spacial score (nSPS) is 24.7. The minimum absolute atomic E-state index is 0.0418. The third-order valence-corrected chi connectivity index (χ3v) is 8.88. The van der Waals surface area contributed by atoms with Gasteiger partial charge in [-0.05, 0) is 26.0 Å². The molecule has 5 rings (SSSR count). The number of carbonyl (C=O) groups is 2. The first kappa shape index (κ1) is 29.5. The summed E-state index contributed by atoms with van der Waals surface area (Å²) in [5.41, 5.74) is -0.405. The Morgan fingerprint density at radius 3 is 2.71 bits per heavy atom. The first-order valence-corrected chi connectivity index (χ1v) is 14.1. The number of nitrogens with zero attached hydrogens (tertiary/aromatic N) is 4. The van der Waals surface area contributed by atoms with Crippen LogP contribution in [0.2, 0.25) is 5.02 Å². The van der Waals surface area contributed by atoms with Gasteiger partial charge < -0.3 is 20.1 Å². The van der Waals surface area contributed by atoms with Gasteiger partial charge in [-0.3, -0.25) is 14.7 Å². The van der Waals surface area contributed by atoms with Crippen LogP contribution >= 0.6 is 22.9 Å². The zero-order chi connectivity index (χ0) is 29.7. The molecule has 220 valence electrons. The molecule has 41 heavy (non-hydrogen) atoms. The number of hydrogen-bond acceptors (Lipinski definition) is 9. The predicted molar refractivity (Wildman–Crippen MR) is 147 cm³/mol. The second kappa shape index (κ2) is 11.0. The highest BCUT2D eigenvalue weighted by atomic mass is 35.5. The van der Waals surface area contributed by atoms with Crippen molar-refractivity contribution in [1.29, 1.82) is 0 Å². The van der Waals surface area contributed by atoms with Crippen LogP contribution in [-0.2, 0) is 14.3 Å². The summed E-state index contributed by atoms with van der Waals surface area (Å²) >= 11 is 7.69. The largest absolute Gasteiger partial charge is 0.481 e. The molecule has 1 aromatic heterocycles. The number of fused-ring (bicyclic) bond motifs is 1. The maximum Gasteiger partial charge on any atom is 0.338 e. The quantitative estimate of drug-likeness (QED) is 0.434. The maximum atomic E-state index is 15.3. The van der Waals surface area contributed by atoms with Crippen molar-refractivity contribution >= 4 is 40.7 Å². The molecule has 4 heterocycles. The van der Waals surface area contributed by atoms with E-state index in [4.69, 9.17) is 16.3 Å². The number of hydrogen-bond donors (Lipinski definition) is 2. The lowest BCUT2D eigenvalue weighted by atomic mass is 9.93. The molecule has 0 radical (unpaired) electrons. The number of benzene rings is 1. The van der Waals surface area contributed by atoms with E-state index >= 15 is 8.78 Å². The number of rotatable bonds is 8. The molecule has 9 nitrogen and oxygen atoms in total. The summed E-state index contributed by atoms with van der Waals surface area (Å²) in [4.78, 5) is 37.2. The summed E-state index contributed by atoms with van der Waals surface area (Å²) in [6, 6.07) is 2.15. The van der Waals surface area contributed by atoms with Crippen LogP contribution in [0.15, 0.2) is 46.0 Å². The minimum Gasteiger partial charge on any atom is -0.481 e. The van der Waals surface area contributed by atoms with E-state index in [-0.39, 0.29) is 36.8 Å². The number of methoxy groups -OCH3 is 1. The third kappa shape index (κ3) is 5.72. The van der Waals surface area contributed by atoms with Crippen LogP contribution < -0.4 is 5.32 Å². The lowest BCUT2D eigenvalue weighted by Crippen LogP contribution is -2.44. The fraction of sp³-hybridized carbons (Fsp3) is 0.481. The Morgan fingerprint density at radius 2 is 2.07 bits per heavy atom. The Bertz CT molecular complexity index is 1420. The fourth-order valence-corrected chi connectivity index (χ4v) is 6.61. The van der Waals surface area contributed by atoms with E-state index in [2.05, 4.69) is 15.3 Å². The van der Waals surface area contributed by atoms with Crippen LogP contribution in [0.1, 0.15) is 30.5 Å². The van der Waals surface area contributed by atoms with E-state index in [0.717, 1.165) is 6.07 Å². The van der Waals surface area contributed by atoms with Gasteiger partial charge in [0.1, 0.15) is 11.9 Å². The van der Waals surface area contributed by atoms with Crippen LogP contribution in [0.4, 0.5) is 13.2 Å². The van der Waals surface area contributed by atoms with Gasteiger partial charge in [0.2, 0.25) is 0 Å². The number of carboxylic acid groups (broad SMARTS) is 1. The molecule has 0 saturated carbocycles. The molecule has 3 aliphatic heterocycles. The summed E-state index contributed by atoms with van der Waals surface area (Å²) in [6.07, 6.45) is 1.58. The Labute approximate surface area is 243 Å². The number of aromatic nitrogens is 1. The Kier molecular flexibility index (Phi) is 7.92. The number of thiazole rings is 1. The number of amidine groups is 1. The molecule has 3 aliphatic rings. The van der Waals surface area contributed by atoms with Crippen LogP contribution in [0.3, 0.4) is 0 Å². The van der Waals surface area contributed by atoms with Crippen molar-refractivity contribution in [3.63, 3.8) is 0 Å². The van der Waals surface area contributed by atoms with Crippen LogP contribution in [0.25, 0.3) is 0 Å². The molecule has 0 spiro atoms. The van der Waals surface area contributed by atoms with Gasteiger partial charge in [0.05, 0.1) is 30.6 Å². The van der Waals surface area contributed by atoms with Gasteiger partial charge in [-0.1, -0.05) is 17.7 Å². The average molecular weight is 612 g/mol. The van der Waals surface area contributed by atoms with E-state index in [0.29, 0.717) is 22.1 Å². The summed E-state index contributed by atoms with van der Waals surface area (Å²) < 4.78 is 49.6. The van der Waals surface area contributed by atoms with E-state index in [1.807, 2.05) is 0 Å². The molecule has 2 N–H and O–H groups in total. The van der Waals surface area contributed by atoms with E-state index in [1.54, 1.807) is 35.2 Å². The lowest BCUT2D eigenvalue weighted by Gasteiger charge is -2.32. The predicted octanol–water partition coefficient (Wildman–Crippen LogP) is 3.82. The number of esters is 1. The van der Waals surface area contributed by atoms with Gasteiger partial charge in [0, 0.05) is 60.1 Å². The highest BCUT2D eigenvalue weighted by Crippen LogP contribution is 2.44. The van der Waals surface area contributed by atoms with Crippen LogP contribution in [0.5, 0.6) is 0 Å². The average Bonchev–Trinajstić information content (AvgIpc) is 3.62. The smallest absolute Gasteiger partial charge is 0.338 e. The van der Waals surface area contributed by atoms with E-state index < -0.39 is 53.6 Å². The number of aliphatic carboxylic acids is 1. The number of ether oxygens (including phenoxy) is 1. The first-order valence-electron chi connectivity index (χ1n) is 12.9. The first-order chi connectivity index (χ1) is 19.3.